The average Bonchev–Trinajstić information content (AvgIpc) is 2.86. The Morgan fingerprint density at radius 2 is 1.85 bits per heavy atom. The summed E-state index contributed by atoms with van der Waals surface area (Å²) in [6, 6.07) is 3.45. The number of nitrogens with one attached hydrogen (secondary N) is 2. The largest absolute Gasteiger partial charge is 0.452 e. The van der Waals surface area contributed by atoms with Crippen molar-refractivity contribution in [1.29, 1.82) is 0 Å². The molecule has 3 rings (SSSR count). The highest BCUT2D eigenvalue weighted by Gasteiger charge is 2.52. The molecule has 1 saturated heterocycles. The van der Waals surface area contributed by atoms with Gasteiger partial charge in [-0.2, -0.15) is 5.01 Å². The molecule has 27 heavy (non-hydrogen) atoms. The molecule has 1 saturated carbocycles. The van der Waals surface area contributed by atoms with Crippen LogP contribution in [0.15, 0.2) is 18.2 Å². The van der Waals surface area contributed by atoms with Crippen LogP contribution in [0.25, 0.3) is 0 Å². The van der Waals surface area contributed by atoms with Gasteiger partial charge in [0.25, 0.3) is 11.8 Å². The number of amides is 4. The normalized spacial score (nSPS) is 18.4. The van der Waals surface area contributed by atoms with E-state index in [9.17, 15) is 19.2 Å². The number of benzene rings is 1. The molecule has 1 aromatic rings. The third-order valence-electron chi connectivity index (χ3n) is 4.60. The molecule has 1 spiro atoms. The topological polar surface area (TPSA) is 105 Å². The molecule has 10 heteroatoms. The Kier molecular flexibility index (Phi) is 5.57. The summed E-state index contributed by atoms with van der Waals surface area (Å²) in [5, 5.41) is 3.77. The fourth-order valence-corrected chi connectivity index (χ4v) is 3.51. The van der Waals surface area contributed by atoms with Crippen molar-refractivity contribution >= 4 is 47.0 Å². The van der Waals surface area contributed by atoms with Crippen LogP contribution in [0, 0.1) is 0 Å². The number of ether oxygens (including phenoxy) is 1. The lowest BCUT2D eigenvalue weighted by molar-refractivity contribution is -0.140. The van der Waals surface area contributed by atoms with Gasteiger partial charge in [0.15, 0.2) is 6.61 Å². The Hall–Kier alpha value is -2.32. The van der Waals surface area contributed by atoms with Gasteiger partial charge in [-0.3, -0.25) is 15.0 Å². The standard InChI is InChI=1S/C17H17Cl2N3O5/c18-11-5-4-10(8-12(11)19)14(24)27-9-13(23)21-22-15(25)17(20-16(22)26)6-2-1-3-7-17/h4-5,8H,1-3,6-7,9H2,(H,20,26)(H,21,23). The zero-order valence-corrected chi connectivity index (χ0v) is 15.7. The average molecular weight is 414 g/mol. The molecule has 1 aliphatic heterocycles. The van der Waals surface area contributed by atoms with Crippen molar-refractivity contribution in [2.75, 3.05) is 6.61 Å². The number of carbonyl (C=O) groups excluding carboxylic acids is 4. The van der Waals surface area contributed by atoms with Gasteiger partial charge in [0.1, 0.15) is 5.54 Å². The van der Waals surface area contributed by atoms with Gasteiger partial charge in [-0.1, -0.05) is 42.5 Å². The number of imide groups is 1. The van der Waals surface area contributed by atoms with Crippen molar-refractivity contribution in [3.05, 3.63) is 33.8 Å². The molecule has 0 radical (unpaired) electrons. The van der Waals surface area contributed by atoms with E-state index in [1.54, 1.807) is 0 Å². The van der Waals surface area contributed by atoms with Gasteiger partial charge >= 0.3 is 12.0 Å². The Labute approximate surface area is 165 Å². The summed E-state index contributed by atoms with van der Waals surface area (Å²) in [5.41, 5.74) is 1.36. The number of esters is 1. The second-order valence-corrected chi connectivity index (χ2v) is 7.27. The Balaban J connectivity index is 1.56. The van der Waals surface area contributed by atoms with Crippen LogP contribution in [0.1, 0.15) is 42.5 Å². The number of urea groups is 1. The first kappa shape index (κ1) is 19.4. The van der Waals surface area contributed by atoms with Gasteiger partial charge in [-0.15, -0.1) is 0 Å². The van der Waals surface area contributed by atoms with Gasteiger partial charge < -0.3 is 10.1 Å². The highest BCUT2D eigenvalue weighted by Crippen LogP contribution is 2.33. The monoisotopic (exact) mass is 413 g/mol. The third kappa shape index (κ3) is 4.01. The number of carbonyl (C=O) groups is 4. The van der Waals surface area contributed by atoms with E-state index >= 15 is 0 Å². The fourth-order valence-electron chi connectivity index (χ4n) is 3.21. The predicted molar refractivity (Wildman–Crippen MR) is 96.1 cm³/mol. The van der Waals surface area contributed by atoms with Gasteiger partial charge in [-0.05, 0) is 31.0 Å². The van der Waals surface area contributed by atoms with Gasteiger partial charge in [0.2, 0.25) is 0 Å². The van der Waals surface area contributed by atoms with Crippen LogP contribution >= 0.6 is 23.2 Å². The van der Waals surface area contributed by atoms with Crippen molar-refractivity contribution in [3.8, 4) is 0 Å². The van der Waals surface area contributed by atoms with Crippen LogP contribution in [0.2, 0.25) is 10.0 Å². The molecule has 0 atom stereocenters. The van der Waals surface area contributed by atoms with E-state index in [1.807, 2.05) is 0 Å². The lowest BCUT2D eigenvalue weighted by Gasteiger charge is -2.30. The molecule has 2 fully saturated rings. The number of rotatable bonds is 4. The van der Waals surface area contributed by atoms with Crippen LogP contribution in [0.3, 0.4) is 0 Å². The van der Waals surface area contributed by atoms with Crippen LogP contribution in [0.5, 0.6) is 0 Å². The minimum atomic E-state index is -0.945. The maximum Gasteiger partial charge on any atom is 0.344 e. The van der Waals surface area contributed by atoms with E-state index in [2.05, 4.69) is 10.7 Å². The molecule has 1 heterocycles. The minimum absolute atomic E-state index is 0.119. The molecule has 4 amide bonds. The SMILES string of the molecule is O=C(COC(=O)c1ccc(Cl)c(Cl)c1)NN1C(=O)NC2(CCCCC2)C1=O. The summed E-state index contributed by atoms with van der Waals surface area (Å²) in [4.78, 5) is 48.6. The molecule has 144 valence electrons. The van der Waals surface area contributed by atoms with Crippen molar-refractivity contribution < 1.29 is 23.9 Å². The van der Waals surface area contributed by atoms with Crippen LogP contribution in [-0.4, -0.2) is 41.0 Å². The number of nitrogens with zero attached hydrogens (tertiary/aromatic N) is 1. The van der Waals surface area contributed by atoms with E-state index in [0.717, 1.165) is 19.3 Å². The molecule has 0 bridgehead atoms. The van der Waals surface area contributed by atoms with Crippen molar-refractivity contribution in [2.45, 2.75) is 37.6 Å². The van der Waals surface area contributed by atoms with Crippen molar-refractivity contribution in [2.24, 2.45) is 0 Å². The Morgan fingerprint density at radius 3 is 2.52 bits per heavy atom. The summed E-state index contributed by atoms with van der Waals surface area (Å²) in [6.07, 6.45) is 3.73. The number of halogens is 2. The van der Waals surface area contributed by atoms with E-state index in [4.69, 9.17) is 27.9 Å². The molecule has 2 N–H and O–H groups in total. The van der Waals surface area contributed by atoms with Crippen LogP contribution in [-0.2, 0) is 14.3 Å². The van der Waals surface area contributed by atoms with Gasteiger partial charge in [0.05, 0.1) is 15.6 Å². The Bertz CT molecular complexity index is 808. The first-order chi connectivity index (χ1) is 12.8. The van der Waals surface area contributed by atoms with Crippen LogP contribution < -0.4 is 10.7 Å². The van der Waals surface area contributed by atoms with Gasteiger partial charge in [0, 0.05) is 0 Å². The fraction of sp³-hybridized carbons (Fsp3) is 0.412. The Morgan fingerprint density at radius 1 is 1.15 bits per heavy atom. The number of hydrazine groups is 1. The molecule has 2 aliphatic rings. The first-order valence-electron chi connectivity index (χ1n) is 8.41. The summed E-state index contributed by atoms with van der Waals surface area (Å²) in [5.74, 6) is -2.08. The third-order valence-corrected chi connectivity index (χ3v) is 5.33. The van der Waals surface area contributed by atoms with E-state index in [1.165, 1.54) is 18.2 Å². The molecule has 0 aromatic heterocycles. The zero-order chi connectivity index (χ0) is 19.6. The highest BCUT2D eigenvalue weighted by atomic mass is 35.5. The molecule has 0 unspecified atom stereocenters. The van der Waals surface area contributed by atoms with Crippen molar-refractivity contribution in [1.82, 2.24) is 15.8 Å². The molecule has 1 aromatic carbocycles. The van der Waals surface area contributed by atoms with E-state index < -0.39 is 36.0 Å². The first-order valence-corrected chi connectivity index (χ1v) is 9.16. The van der Waals surface area contributed by atoms with E-state index in [0.29, 0.717) is 17.9 Å². The van der Waals surface area contributed by atoms with Crippen LogP contribution in [0.4, 0.5) is 4.79 Å². The van der Waals surface area contributed by atoms with E-state index in [-0.39, 0.29) is 15.6 Å². The second-order valence-electron chi connectivity index (χ2n) is 6.45. The molecule has 1 aliphatic carbocycles. The minimum Gasteiger partial charge on any atom is -0.452 e. The lowest BCUT2D eigenvalue weighted by Crippen LogP contribution is -2.51. The smallest absolute Gasteiger partial charge is 0.344 e. The van der Waals surface area contributed by atoms with Crippen molar-refractivity contribution in [3.63, 3.8) is 0 Å². The quantitative estimate of drug-likeness (QED) is 0.582. The maximum absolute atomic E-state index is 12.6. The van der Waals surface area contributed by atoms with Gasteiger partial charge in [-0.25, -0.2) is 9.59 Å². The molecule has 8 nitrogen and oxygen atoms in total. The lowest BCUT2D eigenvalue weighted by atomic mass is 9.82. The second kappa shape index (κ2) is 7.74. The molecular formula is C17H17Cl2N3O5. The number of hydrogen-bond acceptors (Lipinski definition) is 5. The zero-order valence-electron chi connectivity index (χ0n) is 14.2. The summed E-state index contributed by atoms with van der Waals surface area (Å²) in [6.45, 7) is -0.664. The highest BCUT2D eigenvalue weighted by molar-refractivity contribution is 6.42. The predicted octanol–water partition coefficient (Wildman–Crippen LogP) is 2.44. The number of hydrogen-bond donors (Lipinski definition) is 2. The summed E-state index contributed by atoms with van der Waals surface area (Å²) < 4.78 is 4.88. The maximum atomic E-state index is 12.6. The molecular weight excluding hydrogens is 397 g/mol. The summed E-state index contributed by atoms with van der Waals surface area (Å²) in [7, 11) is 0. The summed E-state index contributed by atoms with van der Waals surface area (Å²) >= 11 is 11.6.